The van der Waals surface area contributed by atoms with Crippen LogP contribution in [0, 0.1) is 6.92 Å². The van der Waals surface area contributed by atoms with Gasteiger partial charge in [0.25, 0.3) is 0 Å². The lowest BCUT2D eigenvalue weighted by atomic mass is 10.2. The van der Waals surface area contributed by atoms with E-state index in [0.717, 1.165) is 16.0 Å². The van der Waals surface area contributed by atoms with Crippen molar-refractivity contribution in [2.24, 2.45) is 0 Å². The van der Waals surface area contributed by atoms with Crippen molar-refractivity contribution in [3.05, 3.63) is 44.0 Å². The van der Waals surface area contributed by atoms with Crippen LogP contribution in [0.25, 0.3) is 10.1 Å². The molecule has 2 aromatic heterocycles. The third kappa shape index (κ3) is 4.26. The molecule has 0 radical (unpaired) electrons. The molecule has 1 aromatic carbocycles. The number of esters is 1. The predicted octanol–water partition coefficient (Wildman–Crippen LogP) is 5.27. The number of hydrogen-bond acceptors (Lipinski definition) is 5. The van der Waals surface area contributed by atoms with E-state index in [-0.39, 0.29) is 20.1 Å². The summed E-state index contributed by atoms with van der Waals surface area (Å²) >= 11 is 10.2. The van der Waals surface area contributed by atoms with Gasteiger partial charge in [0.1, 0.15) is 11.4 Å². The van der Waals surface area contributed by atoms with Crippen LogP contribution < -0.4 is 5.32 Å². The van der Waals surface area contributed by atoms with Gasteiger partial charge in [-0.3, -0.25) is 9.48 Å². The van der Waals surface area contributed by atoms with E-state index in [1.54, 1.807) is 18.2 Å². The van der Waals surface area contributed by atoms with E-state index < -0.39 is 30.3 Å². The van der Waals surface area contributed by atoms with Crippen molar-refractivity contribution >= 4 is 66.5 Å². The Morgan fingerprint density at radius 3 is 2.66 bits per heavy atom. The number of rotatable bonds is 4. The average Bonchev–Trinajstić information content (AvgIpc) is 3.12. The second-order valence-electron chi connectivity index (χ2n) is 5.90. The fraction of sp³-hybridized carbons (Fsp3) is 0.235. The monoisotopic (exact) mass is 509 g/mol. The third-order valence-electron chi connectivity index (χ3n) is 3.98. The third-order valence-corrected chi connectivity index (χ3v) is 6.57. The first-order valence-corrected chi connectivity index (χ1v) is 9.92. The van der Waals surface area contributed by atoms with E-state index in [0.29, 0.717) is 15.8 Å². The predicted molar refractivity (Wildman–Crippen MR) is 106 cm³/mol. The number of fused-ring (bicyclic) bond motifs is 1. The highest BCUT2D eigenvalue weighted by Crippen LogP contribution is 2.37. The number of carbonyl (C=O) groups is 2. The van der Waals surface area contributed by atoms with Gasteiger partial charge in [-0.15, -0.1) is 11.3 Å². The molecular formula is C17H12BrClF3N3O3S. The zero-order chi connectivity index (χ0) is 21.5. The van der Waals surface area contributed by atoms with Gasteiger partial charge in [-0.2, -0.15) is 18.3 Å². The van der Waals surface area contributed by atoms with Gasteiger partial charge in [-0.05, 0) is 41.1 Å². The molecule has 0 aliphatic heterocycles. The quantitative estimate of drug-likeness (QED) is 0.486. The average molecular weight is 511 g/mol. The first-order valence-electron chi connectivity index (χ1n) is 7.93. The van der Waals surface area contributed by atoms with Gasteiger partial charge in [0, 0.05) is 15.8 Å². The topological polar surface area (TPSA) is 73.2 Å². The molecule has 0 atom stereocenters. The molecule has 154 valence electrons. The highest BCUT2D eigenvalue weighted by molar-refractivity contribution is 9.10. The highest BCUT2D eigenvalue weighted by Gasteiger charge is 2.38. The maximum atomic E-state index is 12.9. The Hall–Kier alpha value is -2.11. The van der Waals surface area contributed by atoms with Crippen molar-refractivity contribution in [1.82, 2.24) is 9.78 Å². The second kappa shape index (κ2) is 7.96. The molecule has 0 saturated carbocycles. The number of ether oxygens (including phenoxy) is 1. The Morgan fingerprint density at radius 2 is 2.07 bits per heavy atom. The fourth-order valence-corrected chi connectivity index (χ4v) is 4.54. The first-order chi connectivity index (χ1) is 13.5. The molecule has 3 rings (SSSR count). The summed E-state index contributed by atoms with van der Waals surface area (Å²) in [5, 5.41) is 6.95. The SMILES string of the molecule is COC(=O)c1sc2cc(NC(=O)Cn3nc(C(F)(F)F)c(Br)c3C)ccc2c1Cl. The Labute approximate surface area is 179 Å². The summed E-state index contributed by atoms with van der Waals surface area (Å²) in [5.41, 5.74) is -0.514. The standard InChI is InChI=1S/C17H12BrClF3N3O3S/c1-7-12(18)15(17(20,21)22)24-25(7)6-11(26)23-8-3-4-9-10(5-8)29-14(13(9)19)16(27)28-2/h3-5H,6H2,1-2H3,(H,23,26). The number of methoxy groups -OCH3 is 1. The summed E-state index contributed by atoms with van der Waals surface area (Å²) in [4.78, 5) is 24.3. The van der Waals surface area contributed by atoms with E-state index in [1.807, 2.05) is 0 Å². The molecule has 0 saturated heterocycles. The molecular weight excluding hydrogens is 499 g/mol. The summed E-state index contributed by atoms with van der Waals surface area (Å²) in [6, 6.07) is 4.82. The van der Waals surface area contributed by atoms with Gasteiger partial charge in [-0.25, -0.2) is 4.79 Å². The molecule has 0 aliphatic rings. The van der Waals surface area contributed by atoms with Crippen molar-refractivity contribution in [3.63, 3.8) is 0 Å². The van der Waals surface area contributed by atoms with E-state index in [4.69, 9.17) is 11.6 Å². The largest absolute Gasteiger partial charge is 0.465 e. The van der Waals surface area contributed by atoms with E-state index in [9.17, 15) is 22.8 Å². The van der Waals surface area contributed by atoms with Gasteiger partial charge in [0.15, 0.2) is 5.69 Å². The molecule has 0 bridgehead atoms. The van der Waals surface area contributed by atoms with Crippen LogP contribution in [-0.4, -0.2) is 28.8 Å². The second-order valence-corrected chi connectivity index (χ2v) is 8.12. The summed E-state index contributed by atoms with van der Waals surface area (Å²) < 4.78 is 44.9. The van der Waals surface area contributed by atoms with Gasteiger partial charge in [0.2, 0.25) is 5.91 Å². The number of alkyl halides is 3. The highest BCUT2D eigenvalue weighted by atomic mass is 79.9. The van der Waals surface area contributed by atoms with Gasteiger partial charge >= 0.3 is 12.1 Å². The number of carbonyl (C=O) groups excluding carboxylic acids is 2. The molecule has 2 heterocycles. The van der Waals surface area contributed by atoms with Crippen LogP contribution in [0.15, 0.2) is 22.7 Å². The zero-order valence-corrected chi connectivity index (χ0v) is 18.0. The van der Waals surface area contributed by atoms with Crippen LogP contribution in [0.5, 0.6) is 0 Å². The van der Waals surface area contributed by atoms with Crippen LogP contribution in [0.1, 0.15) is 21.1 Å². The number of nitrogens with one attached hydrogen (secondary N) is 1. The van der Waals surface area contributed by atoms with Crippen molar-refractivity contribution in [3.8, 4) is 0 Å². The van der Waals surface area contributed by atoms with Crippen LogP contribution in [0.4, 0.5) is 18.9 Å². The normalized spacial score (nSPS) is 11.7. The molecule has 1 N–H and O–H groups in total. The Kier molecular flexibility index (Phi) is 5.93. The molecule has 1 amide bonds. The lowest BCUT2D eigenvalue weighted by Gasteiger charge is -2.07. The summed E-state index contributed by atoms with van der Waals surface area (Å²) in [6.45, 7) is 1.02. The Morgan fingerprint density at radius 1 is 1.38 bits per heavy atom. The molecule has 6 nitrogen and oxygen atoms in total. The molecule has 0 fully saturated rings. The van der Waals surface area contributed by atoms with E-state index in [2.05, 4.69) is 31.1 Å². The van der Waals surface area contributed by atoms with Crippen LogP contribution in [0.2, 0.25) is 5.02 Å². The van der Waals surface area contributed by atoms with Gasteiger partial charge in [0.05, 0.1) is 22.3 Å². The fourth-order valence-electron chi connectivity index (χ4n) is 2.56. The molecule has 0 spiro atoms. The lowest BCUT2D eigenvalue weighted by Crippen LogP contribution is -2.20. The Bertz CT molecular complexity index is 1130. The number of benzene rings is 1. The minimum Gasteiger partial charge on any atom is -0.465 e. The van der Waals surface area contributed by atoms with Crippen molar-refractivity contribution in [2.45, 2.75) is 19.6 Å². The minimum absolute atomic E-state index is 0.177. The number of aromatic nitrogens is 2. The van der Waals surface area contributed by atoms with E-state index >= 15 is 0 Å². The molecule has 12 heteroatoms. The van der Waals surface area contributed by atoms with Crippen LogP contribution in [0.3, 0.4) is 0 Å². The zero-order valence-electron chi connectivity index (χ0n) is 14.9. The Balaban J connectivity index is 1.81. The maximum absolute atomic E-state index is 12.9. The minimum atomic E-state index is -4.63. The van der Waals surface area contributed by atoms with Crippen molar-refractivity contribution in [2.75, 3.05) is 12.4 Å². The number of anilines is 1. The number of halogens is 5. The van der Waals surface area contributed by atoms with Crippen molar-refractivity contribution < 1.29 is 27.5 Å². The molecule has 0 unspecified atom stereocenters. The number of hydrogen-bond donors (Lipinski definition) is 1. The first kappa shape index (κ1) is 21.6. The smallest absolute Gasteiger partial charge is 0.436 e. The van der Waals surface area contributed by atoms with Crippen LogP contribution in [-0.2, 0) is 22.3 Å². The molecule has 29 heavy (non-hydrogen) atoms. The summed E-state index contributed by atoms with van der Waals surface area (Å²) in [6.07, 6.45) is -4.63. The van der Waals surface area contributed by atoms with Gasteiger partial charge < -0.3 is 10.1 Å². The van der Waals surface area contributed by atoms with Gasteiger partial charge in [-0.1, -0.05) is 11.6 Å². The molecule has 0 aliphatic carbocycles. The summed E-state index contributed by atoms with van der Waals surface area (Å²) in [7, 11) is 1.24. The van der Waals surface area contributed by atoms with Crippen molar-refractivity contribution in [1.29, 1.82) is 0 Å². The summed E-state index contributed by atoms with van der Waals surface area (Å²) in [5.74, 6) is -1.13. The lowest BCUT2D eigenvalue weighted by molar-refractivity contribution is -0.142. The number of nitrogens with zero attached hydrogens (tertiary/aromatic N) is 2. The van der Waals surface area contributed by atoms with Crippen LogP contribution >= 0.6 is 38.9 Å². The number of amides is 1. The maximum Gasteiger partial charge on any atom is 0.436 e. The number of thiophene rings is 1. The molecule has 3 aromatic rings. The van der Waals surface area contributed by atoms with E-state index in [1.165, 1.54) is 14.0 Å².